The molecule has 0 aliphatic rings. The van der Waals surface area contributed by atoms with Gasteiger partial charge in [-0.15, -0.1) is 11.3 Å². The van der Waals surface area contributed by atoms with Crippen LogP contribution in [0.1, 0.15) is 29.2 Å². The summed E-state index contributed by atoms with van der Waals surface area (Å²) in [6.45, 7) is 3.66. The molecule has 8 heteroatoms. The van der Waals surface area contributed by atoms with E-state index >= 15 is 0 Å². The van der Waals surface area contributed by atoms with Crippen LogP contribution in [0.3, 0.4) is 0 Å². The molecule has 0 saturated heterocycles. The topological polar surface area (TPSA) is 63.8 Å². The summed E-state index contributed by atoms with van der Waals surface area (Å²) in [5, 5.41) is 5.54. The zero-order valence-electron chi connectivity index (χ0n) is 10.8. The number of rotatable bonds is 3. The molecule has 108 valence electrons. The summed E-state index contributed by atoms with van der Waals surface area (Å²) < 4.78 is 38.1. The quantitative estimate of drug-likeness (QED) is 0.909. The molecule has 0 amide bonds. The normalized spacial score (nSPS) is 13.2. The Morgan fingerprint density at radius 2 is 2.00 bits per heavy atom. The molecule has 1 unspecified atom stereocenters. The molecule has 0 aromatic carbocycles. The van der Waals surface area contributed by atoms with Gasteiger partial charge in [0.05, 0.1) is 11.6 Å². The lowest BCUT2D eigenvalue weighted by Crippen LogP contribution is -2.12. The van der Waals surface area contributed by atoms with Gasteiger partial charge in [-0.1, -0.05) is 0 Å². The number of aromatic nitrogens is 2. The number of nitrogen functional groups attached to an aromatic ring is 1. The highest BCUT2D eigenvalue weighted by molar-refractivity contribution is 7.09. The molecule has 20 heavy (non-hydrogen) atoms. The minimum atomic E-state index is -4.45. The molecule has 3 N–H and O–H groups in total. The number of hydrogen-bond donors (Lipinski definition) is 2. The van der Waals surface area contributed by atoms with E-state index in [1.807, 2.05) is 12.3 Å². The minimum absolute atomic E-state index is 0.0812. The maximum Gasteiger partial charge on any atom is 0.416 e. The molecule has 0 radical (unpaired) electrons. The third-order valence-corrected chi connectivity index (χ3v) is 3.69. The Labute approximate surface area is 117 Å². The van der Waals surface area contributed by atoms with Crippen molar-refractivity contribution >= 4 is 23.0 Å². The predicted octanol–water partition coefficient (Wildman–Crippen LogP) is 3.62. The van der Waals surface area contributed by atoms with Crippen LogP contribution in [-0.2, 0) is 6.18 Å². The molecule has 2 heterocycles. The molecule has 0 saturated carbocycles. The van der Waals surface area contributed by atoms with Gasteiger partial charge in [0.15, 0.2) is 0 Å². The number of anilines is 2. The fourth-order valence-corrected chi connectivity index (χ4v) is 2.45. The first-order valence-electron chi connectivity index (χ1n) is 5.79. The van der Waals surface area contributed by atoms with Crippen LogP contribution in [0.5, 0.6) is 0 Å². The van der Waals surface area contributed by atoms with Gasteiger partial charge in [-0.2, -0.15) is 13.2 Å². The third-order valence-electron chi connectivity index (χ3n) is 2.54. The van der Waals surface area contributed by atoms with E-state index in [0.717, 1.165) is 22.8 Å². The number of thiazole rings is 1. The largest absolute Gasteiger partial charge is 0.416 e. The molecule has 2 rings (SSSR count). The van der Waals surface area contributed by atoms with Crippen LogP contribution in [0.2, 0.25) is 0 Å². The van der Waals surface area contributed by atoms with Gasteiger partial charge < -0.3 is 11.1 Å². The molecule has 0 aliphatic carbocycles. The van der Waals surface area contributed by atoms with Gasteiger partial charge in [-0.25, -0.2) is 9.97 Å². The first-order valence-corrected chi connectivity index (χ1v) is 6.67. The van der Waals surface area contributed by atoms with Gasteiger partial charge in [-0.3, -0.25) is 0 Å². The molecule has 2 aromatic rings. The number of nitrogens with zero attached hydrogens (tertiary/aromatic N) is 2. The van der Waals surface area contributed by atoms with Crippen LogP contribution in [0, 0.1) is 6.92 Å². The average Bonchev–Trinajstić information content (AvgIpc) is 2.74. The van der Waals surface area contributed by atoms with Crippen molar-refractivity contribution < 1.29 is 13.2 Å². The second kappa shape index (κ2) is 5.28. The van der Waals surface area contributed by atoms with Gasteiger partial charge in [0.25, 0.3) is 0 Å². The van der Waals surface area contributed by atoms with E-state index in [1.165, 1.54) is 11.3 Å². The van der Waals surface area contributed by atoms with E-state index in [-0.39, 0.29) is 17.7 Å². The predicted molar refractivity (Wildman–Crippen MR) is 72.5 cm³/mol. The van der Waals surface area contributed by atoms with E-state index < -0.39 is 11.7 Å². The summed E-state index contributed by atoms with van der Waals surface area (Å²) in [5.41, 5.74) is 5.46. The van der Waals surface area contributed by atoms with Crippen molar-refractivity contribution in [2.24, 2.45) is 0 Å². The van der Waals surface area contributed by atoms with Crippen LogP contribution >= 0.6 is 11.3 Å². The lowest BCUT2D eigenvalue weighted by atomic mass is 10.2. The second-order valence-corrected chi connectivity index (χ2v) is 5.25. The van der Waals surface area contributed by atoms with Gasteiger partial charge in [-0.05, 0) is 26.0 Å². The Hall–Kier alpha value is -1.83. The van der Waals surface area contributed by atoms with E-state index in [0.29, 0.717) is 0 Å². The number of pyridine rings is 1. The van der Waals surface area contributed by atoms with E-state index in [9.17, 15) is 13.2 Å². The van der Waals surface area contributed by atoms with Gasteiger partial charge in [0.1, 0.15) is 16.6 Å². The molecule has 1 atom stereocenters. The van der Waals surface area contributed by atoms with Crippen LogP contribution in [-0.4, -0.2) is 9.97 Å². The number of nitrogens with one attached hydrogen (secondary N) is 1. The summed E-state index contributed by atoms with van der Waals surface area (Å²) in [5.74, 6) is -0.0949. The van der Waals surface area contributed by atoms with Crippen molar-refractivity contribution in [3.05, 3.63) is 33.8 Å². The van der Waals surface area contributed by atoms with E-state index in [2.05, 4.69) is 15.3 Å². The number of hydrogen-bond acceptors (Lipinski definition) is 5. The van der Waals surface area contributed by atoms with E-state index in [4.69, 9.17) is 5.73 Å². The summed E-state index contributed by atoms with van der Waals surface area (Å²) in [6.07, 6.45) is -4.45. The SMILES string of the molecule is Cc1csc(C(C)Nc2cc(C(F)(F)F)cc(N)n2)n1. The minimum Gasteiger partial charge on any atom is -0.384 e. The molecule has 0 bridgehead atoms. The molecular formula is C12H13F3N4S. The molecule has 0 spiro atoms. The van der Waals surface area contributed by atoms with Crippen molar-refractivity contribution in [2.45, 2.75) is 26.1 Å². The highest BCUT2D eigenvalue weighted by atomic mass is 32.1. The molecule has 4 nitrogen and oxygen atoms in total. The van der Waals surface area contributed by atoms with Crippen molar-refractivity contribution in [1.29, 1.82) is 0 Å². The van der Waals surface area contributed by atoms with Gasteiger partial charge in [0.2, 0.25) is 0 Å². The number of halogens is 3. The van der Waals surface area contributed by atoms with Crippen molar-refractivity contribution in [2.75, 3.05) is 11.1 Å². The zero-order valence-corrected chi connectivity index (χ0v) is 11.6. The van der Waals surface area contributed by atoms with Gasteiger partial charge in [0, 0.05) is 11.1 Å². The first kappa shape index (κ1) is 14.6. The summed E-state index contributed by atoms with van der Waals surface area (Å²) in [6, 6.07) is 1.50. The average molecular weight is 302 g/mol. The summed E-state index contributed by atoms with van der Waals surface area (Å²) >= 11 is 1.44. The first-order chi connectivity index (χ1) is 9.25. The Balaban J connectivity index is 2.23. The molecule has 0 fully saturated rings. The fraction of sp³-hybridized carbons (Fsp3) is 0.333. The highest BCUT2D eigenvalue weighted by Gasteiger charge is 2.31. The maximum atomic E-state index is 12.7. The Kier molecular flexibility index (Phi) is 3.85. The van der Waals surface area contributed by atoms with Crippen molar-refractivity contribution in [1.82, 2.24) is 9.97 Å². The fourth-order valence-electron chi connectivity index (χ4n) is 1.64. The number of nitrogens with two attached hydrogens (primary N) is 1. The van der Waals surface area contributed by atoms with Crippen LogP contribution in [0.4, 0.5) is 24.8 Å². The maximum absolute atomic E-state index is 12.7. The van der Waals surface area contributed by atoms with Crippen LogP contribution in [0.15, 0.2) is 17.5 Å². The van der Waals surface area contributed by atoms with E-state index in [1.54, 1.807) is 6.92 Å². The van der Waals surface area contributed by atoms with Crippen molar-refractivity contribution in [3.8, 4) is 0 Å². The van der Waals surface area contributed by atoms with Gasteiger partial charge >= 0.3 is 6.18 Å². The lowest BCUT2D eigenvalue weighted by Gasteiger charge is -2.14. The highest BCUT2D eigenvalue weighted by Crippen LogP contribution is 2.32. The zero-order chi connectivity index (χ0) is 14.9. The molecule has 0 aliphatic heterocycles. The molecular weight excluding hydrogens is 289 g/mol. The smallest absolute Gasteiger partial charge is 0.384 e. The van der Waals surface area contributed by atoms with Crippen LogP contribution < -0.4 is 11.1 Å². The summed E-state index contributed by atoms with van der Waals surface area (Å²) in [7, 11) is 0. The Bertz CT molecular complexity index is 609. The monoisotopic (exact) mass is 302 g/mol. The number of aryl methyl sites for hydroxylation is 1. The Morgan fingerprint density at radius 1 is 1.30 bits per heavy atom. The van der Waals surface area contributed by atoms with Crippen LogP contribution in [0.25, 0.3) is 0 Å². The second-order valence-electron chi connectivity index (χ2n) is 4.36. The lowest BCUT2D eigenvalue weighted by molar-refractivity contribution is -0.137. The molecule has 2 aromatic heterocycles. The third kappa shape index (κ3) is 3.38. The summed E-state index contributed by atoms with van der Waals surface area (Å²) in [4.78, 5) is 8.14. The number of alkyl halides is 3. The Morgan fingerprint density at radius 3 is 2.55 bits per heavy atom. The standard InChI is InChI=1S/C12H13F3N4S/c1-6-5-20-11(17-6)7(2)18-10-4-8(12(13,14)15)3-9(16)19-10/h3-5,7H,1-2H3,(H3,16,18,19). The van der Waals surface area contributed by atoms with Crippen molar-refractivity contribution in [3.63, 3.8) is 0 Å².